The van der Waals surface area contributed by atoms with Crippen molar-refractivity contribution in [3.63, 3.8) is 0 Å². The zero-order chi connectivity index (χ0) is 15.2. The Morgan fingerprint density at radius 2 is 2.19 bits per heavy atom. The van der Waals surface area contributed by atoms with Gasteiger partial charge in [-0.2, -0.15) is 0 Å². The molecule has 0 radical (unpaired) electrons. The Hall–Kier alpha value is -1.66. The summed E-state index contributed by atoms with van der Waals surface area (Å²) in [6.45, 7) is 4.89. The van der Waals surface area contributed by atoms with Crippen LogP contribution in [-0.4, -0.2) is 48.1 Å². The lowest BCUT2D eigenvalue weighted by molar-refractivity contribution is -0.129. The Kier molecular flexibility index (Phi) is 5.52. The van der Waals surface area contributed by atoms with Crippen molar-refractivity contribution in [3.8, 4) is 5.75 Å². The van der Waals surface area contributed by atoms with Crippen LogP contribution in [0.5, 0.6) is 5.75 Å². The zero-order valence-corrected chi connectivity index (χ0v) is 13.0. The van der Waals surface area contributed by atoms with Crippen LogP contribution in [0.3, 0.4) is 0 Å². The molecular formula is C15H21N3O2S. The number of ether oxygens (including phenoxy) is 1. The van der Waals surface area contributed by atoms with Crippen molar-refractivity contribution in [2.45, 2.75) is 19.4 Å². The van der Waals surface area contributed by atoms with Crippen LogP contribution in [0, 0.1) is 0 Å². The average molecular weight is 307 g/mol. The molecule has 1 aromatic rings. The van der Waals surface area contributed by atoms with Crippen molar-refractivity contribution in [3.05, 3.63) is 29.8 Å². The topological polar surface area (TPSA) is 67.6 Å². The van der Waals surface area contributed by atoms with Gasteiger partial charge in [0.2, 0.25) is 5.91 Å². The first-order chi connectivity index (χ1) is 10.1. The summed E-state index contributed by atoms with van der Waals surface area (Å²) in [5, 5.41) is 2.89. The van der Waals surface area contributed by atoms with Gasteiger partial charge in [0.15, 0.2) is 0 Å². The lowest BCUT2D eigenvalue weighted by atomic mass is 10.1. The molecule has 6 heteroatoms. The lowest BCUT2D eigenvalue weighted by Gasteiger charge is -2.34. The van der Waals surface area contributed by atoms with Crippen molar-refractivity contribution in [2.75, 3.05) is 26.2 Å². The van der Waals surface area contributed by atoms with Gasteiger partial charge in [0.05, 0.1) is 6.04 Å². The van der Waals surface area contributed by atoms with E-state index >= 15 is 0 Å². The fraction of sp³-hybridized carbons (Fsp3) is 0.467. The molecule has 1 aromatic carbocycles. The second-order valence-corrected chi connectivity index (χ2v) is 5.43. The quantitative estimate of drug-likeness (QED) is 0.765. The molecule has 1 fully saturated rings. The van der Waals surface area contributed by atoms with Crippen LogP contribution in [0.4, 0.5) is 0 Å². The maximum Gasteiger partial charge on any atom is 0.237 e. The number of carbonyl (C=O) groups is 1. The van der Waals surface area contributed by atoms with E-state index in [9.17, 15) is 4.79 Å². The SMILES string of the molecule is CCC1C(=O)NCCN1CCOc1ccc(C(N)=S)cc1. The number of piperazine rings is 1. The van der Waals surface area contributed by atoms with E-state index in [0.717, 1.165) is 30.8 Å². The smallest absolute Gasteiger partial charge is 0.237 e. The number of thiocarbonyl (C=S) groups is 1. The van der Waals surface area contributed by atoms with E-state index in [0.29, 0.717) is 18.1 Å². The van der Waals surface area contributed by atoms with Gasteiger partial charge in [-0.15, -0.1) is 0 Å². The van der Waals surface area contributed by atoms with Crippen LogP contribution in [0.25, 0.3) is 0 Å². The van der Waals surface area contributed by atoms with Crippen LogP contribution in [0.2, 0.25) is 0 Å². The predicted octanol–water partition coefficient (Wildman–Crippen LogP) is 0.910. The van der Waals surface area contributed by atoms with Crippen molar-refractivity contribution >= 4 is 23.1 Å². The van der Waals surface area contributed by atoms with Gasteiger partial charge in [-0.1, -0.05) is 19.1 Å². The number of hydrogen-bond acceptors (Lipinski definition) is 4. The van der Waals surface area contributed by atoms with Crippen molar-refractivity contribution < 1.29 is 9.53 Å². The highest BCUT2D eigenvalue weighted by Gasteiger charge is 2.27. The van der Waals surface area contributed by atoms with Gasteiger partial charge < -0.3 is 15.8 Å². The zero-order valence-electron chi connectivity index (χ0n) is 12.2. The van der Waals surface area contributed by atoms with Crippen LogP contribution < -0.4 is 15.8 Å². The van der Waals surface area contributed by atoms with Gasteiger partial charge in [0.25, 0.3) is 0 Å². The van der Waals surface area contributed by atoms with Gasteiger partial charge >= 0.3 is 0 Å². The van der Waals surface area contributed by atoms with Crippen molar-refractivity contribution in [1.82, 2.24) is 10.2 Å². The molecule has 3 N–H and O–H groups in total. The highest BCUT2D eigenvalue weighted by molar-refractivity contribution is 7.80. The van der Waals surface area contributed by atoms with Crippen LogP contribution in [0.15, 0.2) is 24.3 Å². The summed E-state index contributed by atoms with van der Waals surface area (Å²) in [6, 6.07) is 7.37. The molecule has 1 saturated heterocycles. The maximum atomic E-state index is 11.8. The number of rotatable bonds is 6. The Bertz CT molecular complexity index is 504. The number of hydrogen-bond donors (Lipinski definition) is 2. The summed E-state index contributed by atoms with van der Waals surface area (Å²) < 4.78 is 5.71. The number of nitrogens with zero attached hydrogens (tertiary/aromatic N) is 1. The molecule has 0 saturated carbocycles. The molecule has 0 spiro atoms. The van der Waals surface area contributed by atoms with E-state index in [1.807, 2.05) is 31.2 Å². The second kappa shape index (κ2) is 7.38. The first-order valence-corrected chi connectivity index (χ1v) is 7.57. The Morgan fingerprint density at radius 1 is 1.48 bits per heavy atom. The molecule has 1 aliphatic rings. The molecule has 21 heavy (non-hydrogen) atoms. The molecule has 1 heterocycles. The van der Waals surface area contributed by atoms with E-state index < -0.39 is 0 Å². The normalized spacial score (nSPS) is 19.1. The molecular weight excluding hydrogens is 286 g/mol. The van der Waals surface area contributed by atoms with Crippen molar-refractivity contribution in [2.24, 2.45) is 5.73 Å². The number of benzene rings is 1. The summed E-state index contributed by atoms with van der Waals surface area (Å²) in [7, 11) is 0. The second-order valence-electron chi connectivity index (χ2n) is 4.99. The fourth-order valence-corrected chi connectivity index (χ4v) is 2.61. The Labute approximate surface area is 130 Å². The van der Waals surface area contributed by atoms with E-state index in [2.05, 4.69) is 10.2 Å². The minimum Gasteiger partial charge on any atom is -0.492 e. The third-order valence-corrected chi connectivity index (χ3v) is 3.85. The van der Waals surface area contributed by atoms with E-state index in [-0.39, 0.29) is 11.9 Å². The fourth-order valence-electron chi connectivity index (χ4n) is 2.47. The Morgan fingerprint density at radius 3 is 2.81 bits per heavy atom. The predicted molar refractivity (Wildman–Crippen MR) is 86.5 cm³/mol. The number of amides is 1. The number of nitrogens with one attached hydrogen (secondary N) is 1. The van der Waals surface area contributed by atoms with Gasteiger partial charge in [-0.3, -0.25) is 9.69 Å². The molecule has 2 rings (SSSR count). The minimum absolute atomic E-state index is 0.0423. The number of nitrogens with two attached hydrogens (primary N) is 1. The summed E-state index contributed by atoms with van der Waals surface area (Å²) in [4.78, 5) is 14.3. The molecule has 0 aliphatic carbocycles. The largest absolute Gasteiger partial charge is 0.492 e. The van der Waals surface area contributed by atoms with E-state index in [4.69, 9.17) is 22.7 Å². The molecule has 1 amide bonds. The third kappa shape index (κ3) is 4.15. The summed E-state index contributed by atoms with van der Waals surface area (Å²) in [5.74, 6) is 0.897. The van der Waals surface area contributed by atoms with Gasteiger partial charge in [0.1, 0.15) is 17.3 Å². The standard InChI is InChI=1S/C15H21N3O2S/c1-2-13-15(19)17-7-8-18(13)9-10-20-12-5-3-11(4-6-12)14(16)21/h3-6,13H,2,7-10H2,1H3,(H2,16,21)(H,17,19). The molecule has 1 unspecified atom stereocenters. The Balaban J connectivity index is 1.83. The van der Waals surface area contributed by atoms with Gasteiger partial charge in [0, 0.05) is 25.2 Å². The van der Waals surface area contributed by atoms with Gasteiger partial charge in [-0.05, 0) is 30.7 Å². The van der Waals surface area contributed by atoms with Crippen molar-refractivity contribution in [1.29, 1.82) is 0 Å². The third-order valence-electron chi connectivity index (χ3n) is 3.61. The monoisotopic (exact) mass is 307 g/mol. The summed E-state index contributed by atoms with van der Waals surface area (Å²) in [6.07, 6.45) is 0.814. The first kappa shape index (κ1) is 15.7. The lowest BCUT2D eigenvalue weighted by Crippen LogP contribution is -2.55. The molecule has 0 aromatic heterocycles. The number of carbonyl (C=O) groups excluding carboxylic acids is 1. The molecule has 1 atom stereocenters. The van der Waals surface area contributed by atoms with Crippen LogP contribution >= 0.6 is 12.2 Å². The van der Waals surface area contributed by atoms with Crippen LogP contribution in [-0.2, 0) is 4.79 Å². The first-order valence-electron chi connectivity index (χ1n) is 7.16. The molecule has 114 valence electrons. The highest BCUT2D eigenvalue weighted by atomic mass is 32.1. The average Bonchev–Trinajstić information content (AvgIpc) is 2.48. The minimum atomic E-state index is -0.0423. The van der Waals surface area contributed by atoms with E-state index in [1.54, 1.807) is 0 Å². The summed E-state index contributed by atoms with van der Waals surface area (Å²) in [5.41, 5.74) is 6.38. The molecule has 1 aliphatic heterocycles. The molecule has 5 nitrogen and oxygen atoms in total. The van der Waals surface area contributed by atoms with E-state index in [1.165, 1.54) is 0 Å². The summed E-state index contributed by atoms with van der Waals surface area (Å²) >= 11 is 4.91. The molecule has 0 bridgehead atoms. The highest BCUT2D eigenvalue weighted by Crippen LogP contribution is 2.13. The van der Waals surface area contributed by atoms with Crippen LogP contribution in [0.1, 0.15) is 18.9 Å². The van der Waals surface area contributed by atoms with Gasteiger partial charge in [-0.25, -0.2) is 0 Å². The maximum absolute atomic E-state index is 11.8.